The van der Waals surface area contributed by atoms with Gasteiger partial charge in [0.1, 0.15) is 18.6 Å². The minimum Gasteiger partial charge on any atom is -0.488 e. The van der Waals surface area contributed by atoms with E-state index in [2.05, 4.69) is 0 Å². The van der Waals surface area contributed by atoms with Gasteiger partial charge in [0.15, 0.2) is 6.29 Å². The predicted octanol–water partition coefficient (Wildman–Crippen LogP) is 2.80. The lowest BCUT2D eigenvalue weighted by Crippen LogP contribution is -2.00. The van der Waals surface area contributed by atoms with Crippen LogP contribution in [0.15, 0.2) is 42.5 Å². The van der Waals surface area contributed by atoms with Crippen LogP contribution in [0.3, 0.4) is 0 Å². The maximum atomic E-state index is 11.0. The van der Waals surface area contributed by atoms with E-state index in [1.165, 1.54) is 30.3 Å². The smallest absolute Gasteiger partial charge is 0.269 e. The number of rotatable bonds is 6. The first-order chi connectivity index (χ1) is 10.1. The molecular weight excluding hydrogens is 274 g/mol. The van der Waals surface area contributed by atoms with Crippen LogP contribution < -0.4 is 4.74 Å². The van der Waals surface area contributed by atoms with Crippen molar-refractivity contribution in [2.24, 2.45) is 0 Å². The molecule has 0 fully saturated rings. The van der Waals surface area contributed by atoms with Crippen LogP contribution in [-0.4, -0.2) is 17.5 Å². The molecule has 0 aliphatic heterocycles. The van der Waals surface area contributed by atoms with Crippen molar-refractivity contribution in [1.82, 2.24) is 0 Å². The summed E-state index contributed by atoms with van der Waals surface area (Å²) >= 11 is 0. The Morgan fingerprint density at radius 2 is 1.90 bits per heavy atom. The maximum Gasteiger partial charge on any atom is 0.269 e. The van der Waals surface area contributed by atoms with Crippen LogP contribution in [0.5, 0.6) is 5.75 Å². The minimum atomic E-state index is -0.487. The van der Waals surface area contributed by atoms with Crippen LogP contribution >= 0.6 is 0 Å². The number of carbonyl (C=O) groups is 2. The zero-order valence-corrected chi connectivity index (χ0v) is 10.9. The molecule has 2 aromatic rings. The molecule has 0 radical (unpaired) electrons. The van der Waals surface area contributed by atoms with E-state index in [0.29, 0.717) is 29.4 Å². The number of hydrogen-bond acceptors (Lipinski definition) is 5. The Labute approximate surface area is 120 Å². The van der Waals surface area contributed by atoms with E-state index in [1.54, 1.807) is 12.1 Å². The highest BCUT2D eigenvalue weighted by Crippen LogP contribution is 2.20. The van der Waals surface area contributed by atoms with Gasteiger partial charge >= 0.3 is 0 Å². The van der Waals surface area contributed by atoms with Gasteiger partial charge in [0, 0.05) is 17.7 Å². The number of hydrogen-bond donors (Lipinski definition) is 0. The monoisotopic (exact) mass is 285 g/mol. The van der Waals surface area contributed by atoms with E-state index < -0.39 is 4.92 Å². The van der Waals surface area contributed by atoms with Crippen LogP contribution in [0.4, 0.5) is 5.69 Å². The Morgan fingerprint density at radius 3 is 2.57 bits per heavy atom. The third kappa shape index (κ3) is 3.50. The standard InChI is InChI=1S/C15H11NO5/c17-8-11-4-5-15(13(6-11)9-18)21-10-12-2-1-3-14(7-12)16(19)20/h1-9H,10H2. The van der Waals surface area contributed by atoms with E-state index in [9.17, 15) is 19.7 Å². The average Bonchev–Trinajstić information content (AvgIpc) is 2.53. The summed E-state index contributed by atoms with van der Waals surface area (Å²) in [6.45, 7) is 0.0863. The summed E-state index contributed by atoms with van der Waals surface area (Å²) in [4.78, 5) is 31.8. The number of non-ortho nitro benzene ring substituents is 1. The van der Waals surface area contributed by atoms with Gasteiger partial charge in [0.2, 0.25) is 0 Å². The van der Waals surface area contributed by atoms with E-state index in [0.717, 1.165) is 0 Å². The lowest BCUT2D eigenvalue weighted by molar-refractivity contribution is -0.384. The van der Waals surface area contributed by atoms with Crippen molar-refractivity contribution >= 4 is 18.3 Å². The Kier molecular flexibility index (Phi) is 4.40. The molecule has 6 heteroatoms. The topological polar surface area (TPSA) is 86.5 Å². The largest absolute Gasteiger partial charge is 0.488 e. The molecule has 0 aliphatic carbocycles. The second-order valence-electron chi connectivity index (χ2n) is 4.25. The SMILES string of the molecule is O=Cc1ccc(OCc2cccc([N+](=O)[O-])c2)c(C=O)c1. The molecule has 2 rings (SSSR count). The molecule has 0 unspecified atom stereocenters. The van der Waals surface area contributed by atoms with Gasteiger partial charge in [-0.05, 0) is 23.8 Å². The van der Waals surface area contributed by atoms with Crippen molar-refractivity contribution in [2.75, 3.05) is 0 Å². The Morgan fingerprint density at radius 1 is 1.10 bits per heavy atom. The number of nitro benzene ring substituents is 1. The lowest BCUT2D eigenvalue weighted by atomic mass is 10.1. The number of aldehydes is 2. The fourth-order valence-electron chi connectivity index (χ4n) is 1.78. The highest BCUT2D eigenvalue weighted by Gasteiger charge is 2.08. The number of nitro groups is 1. The van der Waals surface area contributed by atoms with Crippen molar-refractivity contribution in [3.05, 3.63) is 69.3 Å². The maximum absolute atomic E-state index is 11.0. The highest BCUT2D eigenvalue weighted by molar-refractivity contribution is 5.84. The minimum absolute atomic E-state index is 0.0250. The summed E-state index contributed by atoms with van der Waals surface area (Å²) in [5, 5.41) is 10.7. The van der Waals surface area contributed by atoms with Gasteiger partial charge < -0.3 is 4.74 Å². The van der Waals surface area contributed by atoms with Crippen molar-refractivity contribution in [2.45, 2.75) is 6.61 Å². The highest BCUT2D eigenvalue weighted by atomic mass is 16.6. The summed E-state index contributed by atoms with van der Waals surface area (Å²) < 4.78 is 5.48. The van der Waals surface area contributed by atoms with Crippen LogP contribution in [0.1, 0.15) is 26.3 Å². The summed E-state index contributed by atoms with van der Waals surface area (Å²) in [5.74, 6) is 0.321. The molecule has 0 saturated heterocycles. The zero-order valence-electron chi connectivity index (χ0n) is 10.9. The van der Waals surface area contributed by atoms with Crippen molar-refractivity contribution < 1.29 is 19.2 Å². The van der Waals surface area contributed by atoms with Gasteiger partial charge in [-0.1, -0.05) is 12.1 Å². The molecule has 6 nitrogen and oxygen atoms in total. The van der Waals surface area contributed by atoms with Gasteiger partial charge in [-0.3, -0.25) is 19.7 Å². The van der Waals surface area contributed by atoms with Crippen molar-refractivity contribution in [1.29, 1.82) is 0 Å². The second kappa shape index (κ2) is 6.42. The van der Waals surface area contributed by atoms with Crippen molar-refractivity contribution in [3.63, 3.8) is 0 Å². The van der Waals surface area contributed by atoms with Gasteiger partial charge in [-0.25, -0.2) is 0 Å². The van der Waals surface area contributed by atoms with E-state index in [-0.39, 0.29) is 17.9 Å². The van der Waals surface area contributed by atoms with Gasteiger partial charge in [0.05, 0.1) is 10.5 Å². The fourth-order valence-corrected chi connectivity index (χ4v) is 1.78. The molecule has 0 spiro atoms. The molecule has 0 saturated carbocycles. The van der Waals surface area contributed by atoms with E-state index in [4.69, 9.17) is 4.74 Å². The Bertz CT molecular complexity index is 696. The normalized spacial score (nSPS) is 9.90. The first-order valence-electron chi connectivity index (χ1n) is 6.04. The average molecular weight is 285 g/mol. The summed E-state index contributed by atoms with van der Waals surface area (Å²) in [5.41, 5.74) is 1.22. The molecule has 0 aliphatic rings. The third-order valence-electron chi connectivity index (χ3n) is 2.81. The van der Waals surface area contributed by atoms with Gasteiger partial charge in [-0.2, -0.15) is 0 Å². The number of carbonyl (C=O) groups excluding carboxylic acids is 2. The van der Waals surface area contributed by atoms with E-state index in [1.807, 2.05) is 0 Å². The molecule has 106 valence electrons. The quantitative estimate of drug-likeness (QED) is 0.462. The molecular formula is C15H11NO5. The second-order valence-corrected chi connectivity index (χ2v) is 4.25. The zero-order chi connectivity index (χ0) is 15.2. The molecule has 0 bridgehead atoms. The third-order valence-corrected chi connectivity index (χ3v) is 2.81. The van der Waals surface area contributed by atoms with Crippen LogP contribution in [0, 0.1) is 10.1 Å². The number of benzene rings is 2. The molecule has 0 atom stereocenters. The van der Waals surface area contributed by atoms with Crippen LogP contribution in [0.2, 0.25) is 0 Å². The van der Waals surface area contributed by atoms with Crippen molar-refractivity contribution in [3.8, 4) is 5.75 Å². The molecule has 0 heterocycles. The summed E-state index contributed by atoms with van der Waals surface area (Å²) in [7, 11) is 0. The van der Waals surface area contributed by atoms with Gasteiger partial charge in [0.25, 0.3) is 5.69 Å². The summed E-state index contributed by atoms with van der Waals surface area (Å²) in [6, 6.07) is 10.5. The molecule has 0 amide bonds. The molecule has 0 aromatic heterocycles. The molecule has 2 aromatic carbocycles. The molecule has 0 N–H and O–H groups in total. The predicted molar refractivity (Wildman–Crippen MR) is 74.6 cm³/mol. The van der Waals surface area contributed by atoms with Crippen LogP contribution in [0.25, 0.3) is 0 Å². The Balaban J connectivity index is 2.16. The van der Waals surface area contributed by atoms with Gasteiger partial charge in [-0.15, -0.1) is 0 Å². The lowest BCUT2D eigenvalue weighted by Gasteiger charge is -2.08. The fraction of sp³-hybridized carbons (Fsp3) is 0.0667. The number of ether oxygens (including phenoxy) is 1. The van der Waals surface area contributed by atoms with Crippen LogP contribution in [-0.2, 0) is 6.61 Å². The first kappa shape index (κ1) is 14.4. The summed E-state index contributed by atoms with van der Waals surface area (Å²) in [6.07, 6.45) is 1.23. The number of nitrogens with zero attached hydrogens (tertiary/aromatic N) is 1. The van der Waals surface area contributed by atoms with E-state index >= 15 is 0 Å². The Hall–Kier alpha value is -3.02. The first-order valence-corrected chi connectivity index (χ1v) is 6.04. The molecule has 21 heavy (non-hydrogen) atoms.